The zero-order valence-electron chi connectivity index (χ0n) is 9.33. The van der Waals surface area contributed by atoms with E-state index < -0.39 is 5.97 Å². The molecule has 5 nitrogen and oxygen atoms in total. The minimum Gasteiger partial charge on any atom is -0.490 e. The van der Waals surface area contributed by atoms with Crippen LogP contribution >= 0.6 is 0 Å². The fourth-order valence-electron chi connectivity index (χ4n) is 1.48. The Balaban J connectivity index is 2.44. The molecule has 0 radical (unpaired) electrons. The lowest BCUT2D eigenvalue weighted by Gasteiger charge is -1.99. The van der Waals surface area contributed by atoms with Gasteiger partial charge in [0.1, 0.15) is 0 Å². The molecule has 1 N–H and O–H groups in total. The standard InChI is InChI=1S/C12H12N2O3/c1-2-17-10-8-14(13-11(10)12(15)16)9-6-4-3-5-7-9/h3-8H,2H2,1H3,(H,15,16). The number of aromatic nitrogens is 2. The van der Waals surface area contributed by atoms with Gasteiger partial charge in [-0.25, -0.2) is 9.48 Å². The number of carboxylic acid groups (broad SMARTS) is 1. The molecule has 0 atom stereocenters. The summed E-state index contributed by atoms with van der Waals surface area (Å²) in [6, 6.07) is 9.28. The number of aromatic carboxylic acids is 1. The second-order valence-corrected chi connectivity index (χ2v) is 3.36. The Hall–Kier alpha value is -2.30. The van der Waals surface area contributed by atoms with Crippen LogP contribution in [0.1, 0.15) is 17.4 Å². The van der Waals surface area contributed by atoms with Crippen molar-refractivity contribution in [2.24, 2.45) is 0 Å². The molecule has 5 heteroatoms. The van der Waals surface area contributed by atoms with E-state index in [1.54, 1.807) is 13.1 Å². The highest BCUT2D eigenvalue weighted by molar-refractivity contribution is 5.88. The fourth-order valence-corrected chi connectivity index (χ4v) is 1.48. The number of ether oxygens (including phenoxy) is 1. The first-order valence-corrected chi connectivity index (χ1v) is 5.23. The Morgan fingerprint density at radius 2 is 2.12 bits per heavy atom. The van der Waals surface area contributed by atoms with Crippen LogP contribution < -0.4 is 4.74 Å². The molecule has 1 aromatic heterocycles. The van der Waals surface area contributed by atoms with Crippen LogP contribution in [0.2, 0.25) is 0 Å². The molecule has 0 aliphatic rings. The smallest absolute Gasteiger partial charge is 0.360 e. The van der Waals surface area contributed by atoms with Gasteiger partial charge in [0.05, 0.1) is 18.5 Å². The monoisotopic (exact) mass is 232 g/mol. The van der Waals surface area contributed by atoms with Gasteiger partial charge in [0.25, 0.3) is 0 Å². The second kappa shape index (κ2) is 4.69. The Labute approximate surface area is 98.3 Å². The van der Waals surface area contributed by atoms with Crippen LogP contribution in [0.4, 0.5) is 0 Å². The van der Waals surface area contributed by atoms with Crippen molar-refractivity contribution in [1.82, 2.24) is 9.78 Å². The fraction of sp³-hybridized carbons (Fsp3) is 0.167. The Morgan fingerprint density at radius 1 is 1.41 bits per heavy atom. The van der Waals surface area contributed by atoms with Crippen LogP contribution in [-0.4, -0.2) is 27.5 Å². The third kappa shape index (κ3) is 2.28. The van der Waals surface area contributed by atoms with Gasteiger partial charge in [0, 0.05) is 0 Å². The van der Waals surface area contributed by atoms with Gasteiger partial charge in [-0.1, -0.05) is 18.2 Å². The predicted octanol–water partition coefficient (Wildman–Crippen LogP) is 1.97. The molecule has 0 aliphatic heterocycles. The molecule has 0 aliphatic carbocycles. The molecule has 2 rings (SSSR count). The van der Waals surface area contributed by atoms with Crippen molar-refractivity contribution in [2.45, 2.75) is 6.92 Å². The molecule has 1 aromatic carbocycles. The predicted molar refractivity (Wildman–Crippen MR) is 61.7 cm³/mol. The van der Waals surface area contributed by atoms with Crippen molar-refractivity contribution in [3.05, 3.63) is 42.2 Å². The summed E-state index contributed by atoms with van der Waals surface area (Å²) >= 11 is 0. The zero-order chi connectivity index (χ0) is 12.3. The molecule has 0 amide bonds. The van der Waals surface area contributed by atoms with E-state index in [1.165, 1.54) is 4.68 Å². The van der Waals surface area contributed by atoms with E-state index in [9.17, 15) is 4.79 Å². The van der Waals surface area contributed by atoms with Crippen LogP contribution in [0.25, 0.3) is 5.69 Å². The summed E-state index contributed by atoms with van der Waals surface area (Å²) in [5.41, 5.74) is 0.719. The van der Waals surface area contributed by atoms with Crippen molar-refractivity contribution >= 4 is 5.97 Å². The molecule has 1 heterocycles. The van der Waals surface area contributed by atoms with Gasteiger partial charge >= 0.3 is 5.97 Å². The van der Waals surface area contributed by atoms with Crippen LogP contribution in [-0.2, 0) is 0 Å². The quantitative estimate of drug-likeness (QED) is 0.875. The zero-order valence-corrected chi connectivity index (χ0v) is 9.33. The van der Waals surface area contributed by atoms with Crippen LogP contribution in [0.3, 0.4) is 0 Å². The molecule has 0 bridgehead atoms. The second-order valence-electron chi connectivity index (χ2n) is 3.36. The largest absolute Gasteiger partial charge is 0.490 e. The van der Waals surface area contributed by atoms with Gasteiger partial charge in [-0.3, -0.25) is 0 Å². The third-order valence-corrected chi connectivity index (χ3v) is 2.20. The highest BCUT2D eigenvalue weighted by atomic mass is 16.5. The van der Waals surface area contributed by atoms with Gasteiger partial charge in [-0.05, 0) is 19.1 Å². The summed E-state index contributed by atoms with van der Waals surface area (Å²) in [5, 5.41) is 13.0. The summed E-state index contributed by atoms with van der Waals surface area (Å²) in [4.78, 5) is 11.0. The third-order valence-electron chi connectivity index (χ3n) is 2.20. The molecule has 2 aromatic rings. The minimum atomic E-state index is -1.09. The minimum absolute atomic E-state index is 0.0734. The number of hydrogen-bond donors (Lipinski definition) is 1. The Bertz CT molecular complexity index is 520. The number of benzene rings is 1. The molecule has 0 saturated heterocycles. The van der Waals surface area contributed by atoms with E-state index in [-0.39, 0.29) is 11.4 Å². The van der Waals surface area contributed by atoms with Crippen LogP contribution in [0.15, 0.2) is 36.5 Å². The maximum Gasteiger partial charge on any atom is 0.360 e. The maximum atomic E-state index is 11.0. The summed E-state index contributed by atoms with van der Waals surface area (Å²) in [6.07, 6.45) is 1.57. The summed E-state index contributed by atoms with van der Waals surface area (Å²) in [5.74, 6) is -0.813. The first-order chi connectivity index (χ1) is 8.22. The topological polar surface area (TPSA) is 64.4 Å². The van der Waals surface area contributed by atoms with E-state index in [4.69, 9.17) is 9.84 Å². The van der Waals surface area contributed by atoms with Gasteiger partial charge < -0.3 is 9.84 Å². The number of para-hydroxylation sites is 1. The average Bonchev–Trinajstić information content (AvgIpc) is 2.75. The van der Waals surface area contributed by atoms with Crippen molar-refractivity contribution in [3.8, 4) is 11.4 Å². The molecule has 88 valence electrons. The summed E-state index contributed by atoms with van der Waals surface area (Å²) < 4.78 is 6.73. The number of carboxylic acids is 1. The Morgan fingerprint density at radius 3 is 2.71 bits per heavy atom. The molecular formula is C12H12N2O3. The van der Waals surface area contributed by atoms with Gasteiger partial charge in [-0.15, -0.1) is 0 Å². The maximum absolute atomic E-state index is 11.0. The first kappa shape index (κ1) is 11.2. The van der Waals surface area contributed by atoms with Gasteiger partial charge in [0.15, 0.2) is 5.75 Å². The molecule has 17 heavy (non-hydrogen) atoms. The number of nitrogens with zero attached hydrogens (tertiary/aromatic N) is 2. The number of rotatable bonds is 4. The van der Waals surface area contributed by atoms with E-state index in [0.29, 0.717) is 6.61 Å². The lowest BCUT2D eigenvalue weighted by atomic mass is 10.3. The number of carbonyl (C=O) groups is 1. The molecule has 0 fully saturated rings. The van der Waals surface area contributed by atoms with E-state index in [2.05, 4.69) is 5.10 Å². The number of hydrogen-bond acceptors (Lipinski definition) is 3. The van der Waals surface area contributed by atoms with Gasteiger partial charge in [-0.2, -0.15) is 5.10 Å². The van der Waals surface area contributed by atoms with Crippen LogP contribution in [0, 0.1) is 0 Å². The first-order valence-electron chi connectivity index (χ1n) is 5.23. The SMILES string of the molecule is CCOc1cn(-c2ccccc2)nc1C(=O)O. The molecular weight excluding hydrogens is 220 g/mol. The van der Waals surface area contributed by atoms with Crippen molar-refractivity contribution in [2.75, 3.05) is 6.61 Å². The normalized spacial score (nSPS) is 10.2. The van der Waals surface area contributed by atoms with Crippen molar-refractivity contribution < 1.29 is 14.6 Å². The lowest BCUT2D eigenvalue weighted by molar-refractivity contribution is 0.0685. The molecule has 0 spiro atoms. The van der Waals surface area contributed by atoms with E-state index in [0.717, 1.165) is 5.69 Å². The highest BCUT2D eigenvalue weighted by Gasteiger charge is 2.17. The molecule has 0 saturated carbocycles. The van der Waals surface area contributed by atoms with Crippen molar-refractivity contribution in [3.63, 3.8) is 0 Å². The van der Waals surface area contributed by atoms with Crippen molar-refractivity contribution in [1.29, 1.82) is 0 Å². The van der Waals surface area contributed by atoms with E-state index in [1.807, 2.05) is 30.3 Å². The van der Waals surface area contributed by atoms with Crippen LogP contribution in [0.5, 0.6) is 5.75 Å². The lowest BCUT2D eigenvalue weighted by Crippen LogP contribution is -2.02. The highest BCUT2D eigenvalue weighted by Crippen LogP contribution is 2.19. The molecule has 0 unspecified atom stereocenters. The summed E-state index contributed by atoms with van der Waals surface area (Å²) in [6.45, 7) is 2.20. The Kier molecular flexibility index (Phi) is 3.09. The van der Waals surface area contributed by atoms with E-state index >= 15 is 0 Å². The average molecular weight is 232 g/mol. The summed E-state index contributed by atoms with van der Waals surface area (Å²) in [7, 11) is 0. The van der Waals surface area contributed by atoms with Gasteiger partial charge in [0.2, 0.25) is 5.69 Å².